The van der Waals surface area contributed by atoms with Gasteiger partial charge in [-0.25, -0.2) is 4.98 Å². The molecule has 0 fully saturated rings. The molecule has 0 radical (unpaired) electrons. The van der Waals surface area contributed by atoms with Gasteiger partial charge in [-0.05, 0) is 13.8 Å². The molecule has 1 N–H and O–H groups in total. The molecule has 0 aromatic carbocycles. The number of carbonyl (C=O) groups is 1. The zero-order valence-electron chi connectivity index (χ0n) is 10.7. The molecule has 17 heavy (non-hydrogen) atoms. The number of hydrogen-bond donors (Lipinski definition) is 1. The molecule has 0 bridgehead atoms. The van der Waals surface area contributed by atoms with E-state index in [2.05, 4.69) is 14.7 Å². The molecule has 96 valence electrons. The molecule has 1 aromatic heterocycles. The summed E-state index contributed by atoms with van der Waals surface area (Å²) in [5.74, 6) is 0.969. The van der Waals surface area contributed by atoms with Crippen LogP contribution in [0, 0.1) is 0 Å². The maximum atomic E-state index is 11.3. The second-order valence-electron chi connectivity index (χ2n) is 4.33. The average Bonchev–Trinajstić information content (AvgIpc) is 2.65. The number of hydrogen-bond acceptors (Lipinski definition) is 6. The van der Waals surface area contributed by atoms with Crippen LogP contribution in [0.5, 0.6) is 0 Å². The van der Waals surface area contributed by atoms with Crippen molar-refractivity contribution in [1.29, 1.82) is 0 Å². The van der Waals surface area contributed by atoms with Gasteiger partial charge in [-0.2, -0.15) is 4.37 Å². The number of aromatic nitrogens is 2. The van der Waals surface area contributed by atoms with Gasteiger partial charge in [0.2, 0.25) is 5.13 Å². The third-order valence-corrected chi connectivity index (χ3v) is 2.62. The summed E-state index contributed by atoms with van der Waals surface area (Å²) in [5.41, 5.74) is 0. The highest BCUT2D eigenvalue weighted by atomic mass is 32.1. The van der Waals surface area contributed by atoms with E-state index < -0.39 is 0 Å². The minimum absolute atomic E-state index is 0.0587. The number of ether oxygens (including phenoxy) is 1. The summed E-state index contributed by atoms with van der Waals surface area (Å²) in [6, 6.07) is 0. The summed E-state index contributed by atoms with van der Waals surface area (Å²) in [6.45, 7) is 8.30. The number of nitrogens with one attached hydrogen (secondary N) is 1. The normalized spacial score (nSPS) is 10.9. The van der Waals surface area contributed by atoms with E-state index in [4.69, 9.17) is 4.74 Å². The van der Waals surface area contributed by atoms with Crippen LogP contribution in [0.15, 0.2) is 0 Å². The molecule has 0 atom stereocenters. The molecule has 0 aliphatic carbocycles. The maximum absolute atomic E-state index is 11.3. The van der Waals surface area contributed by atoms with Gasteiger partial charge in [0.25, 0.3) is 0 Å². The molecule has 0 spiro atoms. The first-order valence-corrected chi connectivity index (χ1v) is 6.53. The fraction of sp³-hybridized carbons (Fsp3) is 0.727. The molecule has 0 saturated heterocycles. The Morgan fingerprint density at radius 1 is 1.41 bits per heavy atom. The Kier molecular flexibility index (Phi) is 5.34. The quantitative estimate of drug-likeness (QED) is 0.793. The third kappa shape index (κ3) is 5.12. The van der Waals surface area contributed by atoms with E-state index in [1.54, 1.807) is 0 Å². The summed E-state index contributed by atoms with van der Waals surface area (Å²) < 4.78 is 9.23. The maximum Gasteiger partial charge on any atom is 0.307 e. The predicted molar refractivity (Wildman–Crippen MR) is 68.3 cm³/mol. The highest BCUT2D eigenvalue weighted by Crippen LogP contribution is 2.17. The molecule has 6 heteroatoms. The number of rotatable bonds is 6. The molecule has 5 nitrogen and oxygen atoms in total. The Labute approximate surface area is 106 Å². The lowest BCUT2D eigenvalue weighted by Gasteiger charge is -2.07. The standard InChI is InChI=1S/C11H19N3O2S/c1-7(2)10-13-11(17-14-10)12-6-5-9(15)16-8(3)4/h7-8H,5-6H2,1-4H3,(H,12,13,14). The van der Waals surface area contributed by atoms with Crippen LogP contribution in [0.1, 0.15) is 45.9 Å². The van der Waals surface area contributed by atoms with Crippen LogP contribution in [0.25, 0.3) is 0 Å². The summed E-state index contributed by atoms with van der Waals surface area (Å²) in [4.78, 5) is 15.6. The van der Waals surface area contributed by atoms with Crippen LogP contribution in [0.2, 0.25) is 0 Å². The molecule has 0 unspecified atom stereocenters. The molecule has 1 rings (SSSR count). The van der Waals surface area contributed by atoms with Crippen LogP contribution in [-0.2, 0) is 9.53 Å². The number of carbonyl (C=O) groups excluding carboxylic acids is 1. The van der Waals surface area contributed by atoms with Crippen LogP contribution in [-0.4, -0.2) is 28.0 Å². The number of esters is 1. The SMILES string of the molecule is CC(C)OC(=O)CCNc1nc(C(C)C)ns1. The Morgan fingerprint density at radius 2 is 2.12 bits per heavy atom. The zero-order valence-corrected chi connectivity index (χ0v) is 11.5. The first-order chi connectivity index (χ1) is 7.99. The fourth-order valence-corrected chi connectivity index (χ4v) is 1.87. The summed E-state index contributed by atoms with van der Waals surface area (Å²) in [6.07, 6.45) is 0.283. The van der Waals surface area contributed by atoms with Crippen LogP contribution >= 0.6 is 11.5 Å². The van der Waals surface area contributed by atoms with Crippen molar-refractivity contribution in [3.05, 3.63) is 5.82 Å². The minimum Gasteiger partial charge on any atom is -0.463 e. The van der Waals surface area contributed by atoms with Gasteiger partial charge in [0.05, 0.1) is 12.5 Å². The topological polar surface area (TPSA) is 64.1 Å². The van der Waals surface area contributed by atoms with E-state index >= 15 is 0 Å². The van der Waals surface area contributed by atoms with Gasteiger partial charge in [0, 0.05) is 24.0 Å². The first kappa shape index (κ1) is 13.9. The lowest BCUT2D eigenvalue weighted by molar-refractivity contribution is -0.147. The van der Waals surface area contributed by atoms with Crippen molar-refractivity contribution in [3.8, 4) is 0 Å². The van der Waals surface area contributed by atoms with E-state index in [-0.39, 0.29) is 12.1 Å². The average molecular weight is 257 g/mol. The Hall–Kier alpha value is -1.17. The molecular formula is C11H19N3O2S. The number of nitrogens with zero attached hydrogens (tertiary/aromatic N) is 2. The fourth-order valence-electron chi connectivity index (χ4n) is 1.13. The van der Waals surface area contributed by atoms with Crippen LogP contribution < -0.4 is 5.32 Å². The predicted octanol–water partition coefficient (Wildman–Crippen LogP) is 2.42. The van der Waals surface area contributed by atoms with Crippen molar-refractivity contribution in [3.63, 3.8) is 0 Å². The largest absolute Gasteiger partial charge is 0.463 e. The molecule has 0 aliphatic heterocycles. The van der Waals surface area contributed by atoms with E-state index in [1.165, 1.54) is 11.5 Å². The Bertz CT molecular complexity index is 363. The zero-order chi connectivity index (χ0) is 12.8. The molecule has 1 aromatic rings. The Morgan fingerprint density at radius 3 is 2.65 bits per heavy atom. The molecule has 0 saturated carbocycles. The van der Waals surface area contributed by atoms with Crippen molar-refractivity contribution < 1.29 is 9.53 Å². The highest BCUT2D eigenvalue weighted by molar-refractivity contribution is 7.09. The van der Waals surface area contributed by atoms with E-state index in [0.717, 1.165) is 11.0 Å². The Balaban J connectivity index is 2.28. The van der Waals surface area contributed by atoms with Gasteiger partial charge in [0.15, 0.2) is 0 Å². The molecule has 1 heterocycles. The second-order valence-corrected chi connectivity index (χ2v) is 5.08. The van der Waals surface area contributed by atoms with Crippen molar-refractivity contribution in [2.75, 3.05) is 11.9 Å². The van der Waals surface area contributed by atoms with Gasteiger partial charge in [-0.3, -0.25) is 4.79 Å². The molecular weight excluding hydrogens is 238 g/mol. The summed E-state index contributed by atoms with van der Waals surface area (Å²) >= 11 is 1.32. The summed E-state index contributed by atoms with van der Waals surface area (Å²) in [5, 5.41) is 3.82. The van der Waals surface area contributed by atoms with Gasteiger partial charge in [-0.15, -0.1) is 0 Å². The lowest BCUT2D eigenvalue weighted by atomic mass is 10.2. The minimum atomic E-state index is -0.193. The van der Waals surface area contributed by atoms with Gasteiger partial charge < -0.3 is 10.1 Å². The van der Waals surface area contributed by atoms with Crippen molar-refractivity contribution in [2.24, 2.45) is 0 Å². The first-order valence-electron chi connectivity index (χ1n) is 5.76. The molecule has 0 aliphatic rings. The van der Waals surface area contributed by atoms with Crippen molar-refractivity contribution >= 4 is 22.6 Å². The van der Waals surface area contributed by atoms with Crippen molar-refractivity contribution in [2.45, 2.75) is 46.1 Å². The van der Waals surface area contributed by atoms with Crippen molar-refractivity contribution in [1.82, 2.24) is 9.36 Å². The lowest BCUT2D eigenvalue weighted by Crippen LogP contribution is -2.15. The van der Waals surface area contributed by atoms with E-state index in [0.29, 0.717) is 18.9 Å². The van der Waals surface area contributed by atoms with Gasteiger partial charge >= 0.3 is 5.97 Å². The van der Waals surface area contributed by atoms with Gasteiger partial charge in [0.1, 0.15) is 5.82 Å². The van der Waals surface area contributed by atoms with E-state index in [1.807, 2.05) is 27.7 Å². The highest BCUT2D eigenvalue weighted by Gasteiger charge is 2.08. The van der Waals surface area contributed by atoms with Gasteiger partial charge in [-0.1, -0.05) is 13.8 Å². The van der Waals surface area contributed by atoms with E-state index in [9.17, 15) is 4.79 Å². The summed E-state index contributed by atoms with van der Waals surface area (Å²) in [7, 11) is 0. The monoisotopic (exact) mass is 257 g/mol. The van der Waals surface area contributed by atoms with Crippen LogP contribution in [0.4, 0.5) is 5.13 Å². The number of anilines is 1. The third-order valence-electron chi connectivity index (χ3n) is 1.93. The second kappa shape index (κ2) is 6.54. The smallest absolute Gasteiger partial charge is 0.307 e. The molecule has 0 amide bonds. The van der Waals surface area contributed by atoms with Crippen LogP contribution in [0.3, 0.4) is 0 Å².